The van der Waals surface area contributed by atoms with Crippen molar-refractivity contribution in [3.05, 3.63) is 47.2 Å². The highest BCUT2D eigenvalue weighted by Crippen LogP contribution is 2.17. The lowest BCUT2D eigenvalue weighted by molar-refractivity contribution is 0.102. The van der Waals surface area contributed by atoms with Crippen LogP contribution in [-0.2, 0) is 0 Å². The van der Waals surface area contributed by atoms with E-state index >= 15 is 0 Å². The molecule has 7 nitrogen and oxygen atoms in total. The van der Waals surface area contributed by atoms with Crippen molar-refractivity contribution in [2.24, 2.45) is 0 Å². The minimum Gasteiger partial charge on any atom is -0.298 e. The fourth-order valence-electron chi connectivity index (χ4n) is 1.63. The first kappa shape index (κ1) is 12.4. The fraction of sp³-hybridized carbons (Fsp3) is 0.0833. The summed E-state index contributed by atoms with van der Waals surface area (Å²) in [5, 5.41) is 14.2. The van der Waals surface area contributed by atoms with Crippen LogP contribution in [0.25, 0.3) is 5.69 Å². The van der Waals surface area contributed by atoms with Crippen LogP contribution in [0.15, 0.2) is 36.8 Å². The zero-order chi connectivity index (χ0) is 13.9. The van der Waals surface area contributed by atoms with Crippen molar-refractivity contribution in [3.8, 4) is 5.69 Å². The molecule has 0 fully saturated rings. The summed E-state index contributed by atoms with van der Waals surface area (Å²) in [6, 6.07) is 6.98. The molecular weight excluding hydrogens is 276 g/mol. The van der Waals surface area contributed by atoms with E-state index in [9.17, 15) is 4.79 Å². The number of nitrogens with one attached hydrogen (secondary N) is 1. The van der Waals surface area contributed by atoms with Gasteiger partial charge in [0.15, 0.2) is 5.13 Å². The van der Waals surface area contributed by atoms with Gasteiger partial charge in [-0.2, -0.15) is 0 Å². The van der Waals surface area contributed by atoms with Crippen LogP contribution in [0.2, 0.25) is 0 Å². The standard InChI is InChI=1S/C12H10N6OS/c1-8-6-13-12(20-8)15-11(19)9-2-4-10(5-3-9)18-7-14-16-17-18/h2-7H,1H3,(H,13,15,19). The number of carbonyl (C=O) groups is 1. The van der Waals surface area contributed by atoms with Crippen molar-refractivity contribution in [1.82, 2.24) is 25.2 Å². The molecule has 0 spiro atoms. The largest absolute Gasteiger partial charge is 0.298 e. The van der Waals surface area contributed by atoms with Gasteiger partial charge in [-0.1, -0.05) is 0 Å². The molecule has 0 aliphatic carbocycles. The summed E-state index contributed by atoms with van der Waals surface area (Å²) >= 11 is 1.44. The van der Waals surface area contributed by atoms with Crippen molar-refractivity contribution in [3.63, 3.8) is 0 Å². The lowest BCUT2D eigenvalue weighted by Gasteiger charge is -2.03. The number of tetrazole rings is 1. The highest BCUT2D eigenvalue weighted by Gasteiger charge is 2.08. The van der Waals surface area contributed by atoms with Gasteiger partial charge in [0.25, 0.3) is 5.91 Å². The van der Waals surface area contributed by atoms with Crippen LogP contribution in [0.4, 0.5) is 5.13 Å². The van der Waals surface area contributed by atoms with Gasteiger partial charge in [0.05, 0.1) is 5.69 Å². The Kier molecular flexibility index (Phi) is 3.21. The number of amides is 1. The number of nitrogens with zero attached hydrogens (tertiary/aromatic N) is 5. The number of anilines is 1. The second-order valence-corrected chi connectivity index (χ2v) is 5.27. The summed E-state index contributed by atoms with van der Waals surface area (Å²) in [4.78, 5) is 17.2. The highest BCUT2D eigenvalue weighted by atomic mass is 32.1. The first-order valence-electron chi connectivity index (χ1n) is 5.79. The molecule has 2 aromatic heterocycles. The van der Waals surface area contributed by atoms with E-state index in [1.807, 2.05) is 6.92 Å². The molecule has 2 heterocycles. The Morgan fingerprint density at radius 2 is 2.10 bits per heavy atom. The van der Waals surface area contributed by atoms with Gasteiger partial charge < -0.3 is 0 Å². The molecule has 100 valence electrons. The smallest absolute Gasteiger partial charge is 0.257 e. The third kappa shape index (κ3) is 2.54. The number of aromatic nitrogens is 5. The molecule has 0 aliphatic rings. The van der Waals surface area contributed by atoms with Crippen molar-refractivity contribution in [2.75, 3.05) is 5.32 Å². The zero-order valence-corrected chi connectivity index (χ0v) is 11.3. The first-order chi connectivity index (χ1) is 9.72. The number of benzene rings is 1. The Morgan fingerprint density at radius 1 is 1.30 bits per heavy atom. The minimum atomic E-state index is -0.192. The molecule has 0 unspecified atom stereocenters. The maximum atomic E-state index is 12.0. The molecule has 8 heteroatoms. The molecule has 0 atom stereocenters. The molecule has 1 amide bonds. The number of carbonyl (C=O) groups excluding carboxylic acids is 1. The van der Waals surface area contributed by atoms with E-state index in [1.54, 1.807) is 30.5 Å². The second kappa shape index (κ2) is 5.17. The molecule has 1 N–H and O–H groups in total. The van der Waals surface area contributed by atoms with E-state index in [0.717, 1.165) is 10.6 Å². The van der Waals surface area contributed by atoms with Crippen molar-refractivity contribution in [2.45, 2.75) is 6.92 Å². The summed E-state index contributed by atoms with van der Waals surface area (Å²) in [7, 11) is 0. The molecule has 0 aliphatic heterocycles. The van der Waals surface area contributed by atoms with E-state index < -0.39 is 0 Å². The average molecular weight is 286 g/mol. The van der Waals surface area contributed by atoms with Gasteiger partial charge in [0.2, 0.25) is 0 Å². The van der Waals surface area contributed by atoms with Gasteiger partial charge >= 0.3 is 0 Å². The van der Waals surface area contributed by atoms with Gasteiger partial charge in [-0.05, 0) is 41.6 Å². The van der Waals surface area contributed by atoms with E-state index in [1.165, 1.54) is 22.3 Å². The quantitative estimate of drug-likeness (QED) is 0.791. The lowest BCUT2D eigenvalue weighted by atomic mass is 10.2. The number of hydrogen-bond acceptors (Lipinski definition) is 6. The molecule has 0 saturated carbocycles. The maximum Gasteiger partial charge on any atom is 0.257 e. The summed E-state index contributed by atoms with van der Waals surface area (Å²) < 4.78 is 1.52. The van der Waals surface area contributed by atoms with Gasteiger partial charge in [-0.15, -0.1) is 16.4 Å². The summed E-state index contributed by atoms with van der Waals surface area (Å²) in [5.41, 5.74) is 1.34. The van der Waals surface area contributed by atoms with E-state index in [-0.39, 0.29) is 5.91 Å². The Labute approximate surface area is 118 Å². The molecule has 0 saturated heterocycles. The van der Waals surface area contributed by atoms with Gasteiger partial charge in [-0.3, -0.25) is 10.1 Å². The molecule has 0 bridgehead atoms. The molecule has 1 aromatic carbocycles. The topological polar surface area (TPSA) is 85.6 Å². The third-order valence-corrected chi connectivity index (χ3v) is 3.41. The van der Waals surface area contributed by atoms with Crippen LogP contribution in [0.5, 0.6) is 0 Å². The Morgan fingerprint density at radius 3 is 2.70 bits per heavy atom. The molecule has 0 radical (unpaired) electrons. The van der Waals surface area contributed by atoms with Crippen LogP contribution >= 0.6 is 11.3 Å². The van der Waals surface area contributed by atoms with E-state index in [4.69, 9.17) is 0 Å². The predicted octanol–water partition coefficient (Wildman–Crippen LogP) is 1.68. The van der Waals surface area contributed by atoms with Crippen molar-refractivity contribution >= 4 is 22.4 Å². The van der Waals surface area contributed by atoms with Crippen LogP contribution in [0.1, 0.15) is 15.2 Å². The molecule has 3 rings (SSSR count). The molecule has 3 aromatic rings. The van der Waals surface area contributed by atoms with Crippen molar-refractivity contribution < 1.29 is 4.79 Å². The average Bonchev–Trinajstić information content (AvgIpc) is 3.11. The number of thiazole rings is 1. The SMILES string of the molecule is Cc1cnc(NC(=O)c2ccc(-n3cnnn3)cc2)s1. The maximum absolute atomic E-state index is 12.0. The van der Waals surface area contributed by atoms with E-state index in [0.29, 0.717) is 10.7 Å². The lowest BCUT2D eigenvalue weighted by Crippen LogP contribution is -2.11. The Balaban J connectivity index is 1.75. The van der Waals surface area contributed by atoms with Crippen LogP contribution in [-0.4, -0.2) is 31.1 Å². The fourth-order valence-corrected chi connectivity index (χ4v) is 2.29. The normalized spacial score (nSPS) is 10.4. The summed E-state index contributed by atoms with van der Waals surface area (Å²) in [5.74, 6) is -0.192. The number of rotatable bonds is 3. The summed E-state index contributed by atoms with van der Waals surface area (Å²) in [6.45, 7) is 1.94. The van der Waals surface area contributed by atoms with Crippen LogP contribution in [0, 0.1) is 6.92 Å². The van der Waals surface area contributed by atoms with Gasteiger partial charge in [0.1, 0.15) is 6.33 Å². The molecular formula is C12H10N6OS. The van der Waals surface area contributed by atoms with Crippen LogP contribution < -0.4 is 5.32 Å². The highest BCUT2D eigenvalue weighted by molar-refractivity contribution is 7.15. The first-order valence-corrected chi connectivity index (χ1v) is 6.61. The van der Waals surface area contributed by atoms with Crippen molar-refractivity contribution in [1.29, 1.82) is 0 Å². The second-order valence-electron chi connectivity index (χ2n) is 4.03. The van der Waals surface area contributed by atoms with Crippen LogP contribution in [0.3, 0.4) is 0 Å². The number of aryl methyl sites for hydroxylation is 1. The third-order valence-electron chi connectivity index (χ3n) is 2.58. The summed E-state index contributed by atoms with van der Waals surface area (Å²) in [6.07, 6.45) is 3.22. The minimum absolute atomic E-state index is 0.192. The van der Waals surface area contributed by atoms with Gasteiger partial charge in [0, 0.05) is 16.6 Å². The molecule has 20 heavy (non-hydrogen) atoms. The van der Waals surface area contributed by atoms with Gasteiger partial charge in [-0.25, -0.2) is 9.67 Å². The Hall–Kier alpha value is -2.61. The number of hydrogen-bond donors (Lipinski definition) is 1. The Bertz CT molecular complexity index is 719. The monoisotopic (exact) mass is 286 g/mol. The zero-order valence-electron chi connectivity index (χ0n) is 10.5. The van der Waals surface area contributed by atoms with E-state index in [2.05, 4.69) is 25.8 Å². The predicted molar refractivity (Wildman–Crippen MR) is 74.0 cm³/mol.